The second-order valence-corrected chi connectivity index (χ2v) is 15.0. The molecule has 1 saturated heterocycles. The van der Waals surface area contributed by atoms with Gasteiger partial charge >= 0.3 is 0 Å². The van der Waals surface area contributed by atoms with Crippen molar-refractivity contribution in [1.82, 2.24) is 35.3 Å². The minimum Gasteiger partial charge on any atom is -0.355 e. The van der Waals surface area contributed by atoms with Crippen molar-refractivity contribution in [3.05, 3.63) is 41.6 Å². The summed E-state index contributed by atoms with van der Waals surface area (Å²) in [5.41, 5.74) is 3.56. The Bertz CT molecular complexity index is 1710. The molecule has 47 heavy (non-hydrogen) atoms. The van der Waals surface area contributed by atoms with Gasteiger partial charge in [0.05, 0.1) is 5.52 Å². The molecular formula is C36H47N7O4. The fourth-order valence-corrected chi connectivity index (χ4v) is 7.35. The minimum atomic E-state index is -0.626. The third-order valence-corrected chi connectivity index (χ3v) is 10.1. The molecule has 3 aromatic rings. The van der Waals surface area contributed by atoms with Gasteiger partial charge in [0.15, 0.2) is 5.78 Å². The average Bonchev–Trinajstić information content (AvgIpc) is 3.42. The quantitative estimate of drug-likeness (QED) is 0.390. The molecule has 2 bridgehead atoms. The molecule has 6 rings (SSSR count). The zero-order valence-corrected chi connectivity index (χ0v) is 28.3. The maximum absolute atomic E-state index is 14.3. The molecular weight excluding hydrogens is 594 g/mol. The van der Waals surface area contributed by atoms with Gasteiger partial charge in [-0.2, -0.15) is 5.10 Å². The van der Waals surface area contributed by atoms with Gasteiger partial charge < -0.3 is 15.5 Å². The predicted octanol–water partition coefficient (Wildman–Crippen LogP) is 4.54. The van der Waals surface area contributed by atoms with Crippen LogP contribution in [0.4, 0.5) is 0 Å². The molecule has 1 aliphatic carbocycles. The van der Waals surface area contributed by atoms with Crippen LogP contribution in [0.15, 0.2) is 24.5 Å². The molecule has 1 aromatic carbocycles. The van der Waals surface area contributed by atoms with Gasteiger partial charge in [-0.15, -0.1) is 0 Å². The second-order valence-electron chi connectivity index (χ2n) is 15.0. The van der Waals surface area contributed by atoms with Crippen molar-refractivity contribution >= 4 is 34.4 Å². The third-order valence-electron chi connectivity index (χ3n) is 10.1. The summed E-state index contributed by atoms with van der Waals surface area (Å²) in [5.74, 6) is 0.154. The summed E-state index contributed by atoms with van der Waals surface area (Å²) in [6.07, 6.45) is 10.4. The molecule has 0 spiro atoms. The summed E-state index contributed by atoms with van der Waals surface area (Å²) < 4.78 is 1.68. The number of amides is 3. The summed E-state index contributed by atoms with van der Waals surface area (Å²) >= 11 is 0. The van der Waals surface area contributed by atoms with Crippen LogP contribution < -0.4 is 10.6 Å². The number of hydrogen-bond donors (Lipinski definition) is 2. The lowest BCUT2D eigenvalue weighted by molar-refractivity contribution is -0.140. The van der Waals surface area contributed by atoms with Crippen molar-refractivity contribution in [3.63, 3.8) is 0 Å². The normalized spacial score (nSPS) is 23.6. The fraction of sp³-hybridized carbons (Fsp3) is 0.583. The Morgan fingerprint density at radius 3 is 2.45 bits per heavy atom. The maximum atomic E-state index is 14.3. The fourth-order valence-electron chi connectivity index (χ4n) is 7.35. The largest absolute Gasteiger partial charge is 0.355 e. The molecule has 2 aliphatic heterocycles. The van der Waals surface area contributed by atoms with Crippen LogP contribution >= 0.6 is 0 Å². The van der Waals surface area contributed by atoms with Crippen molar-refractivity contribution in [2.24, 2.45) is 10.8 Å². The molecule has 2 aromatic heterocycles. The van der Waals surface area contributed by atoms with Gasteiger partial charge in [0.1, 0.15) is 24.1 Å². The number of benzene rings is 1. The standard InChI is InChI=1S/C36H47N7O4/c1-22(44)32-27-15-25(26-18-38-23(2)39-19-26)14-24-10-8-6-7-9-11-30(45)40-21-36-16-28(34(47)37-13-12-35(3,4)5)43(29(36)17-36)31(46)20-42(41-32)33(24)27/h14-15,18-19,28-29H,6-13,16-17,20-21H2,1-5H3,(H,37,47)(H,40,45)/t28-,29+,36-/m0/s1. The summed E-state index contributed by atoms with van der Waals surface area (Å²) in [4.78, 5) is 64.2. The van der Waals surface area contributed by atoms with Crippen LogP contribution in [0, 0.1) is 17.8 Å². The van der Waals surface area contributed by atoms with Crippen LogP contribution in [0.1, 0.15) is 101 Å². The number of nitrogens with zero attached hydrogens (tertiary/aromatic N) is 5. The number of rotatable bonds is 5. The van der Waals surface area contributed by atoms with Gasteiger partial charge in [-0.25, -0.2) is 9.97 Å². The molecule has 0 unspecified atom stereocenters. The highest BCUT2D eigenvalue weighted by atomic mass is 16.2. The van der Waals surface area contributed by atoms with Gasteiger partial charge in [0.25, 0.3) is 0 Å². The molecule has 3 amide bonds. The van der Waals surface area contributed by atoms with Crippen molar-refractivity contribution in [2.75, 3.05) is 13.1 Å². The van der Waals surface area contributed by atoms with E-state index in [1.165, 1.54) is 6.92 Å². The van der Waals surface area contributed by atoms with E-state index in [4.69, 9.17) is 5.10 Å². The van der Waals surface area contributed by atoms with Crippen LogP contribution in [0.5, 0.6) is 0 Å². The SMILES string of the molecule is CC(=O)c1nn2c3c(cc(-c4cnc(C)nc4)cc13)CCCCCCC(=O)NC[C@@]13C[C@@H](C(=O)NCCC(C)(C)C)N(C(=O)C2)[C@@H]1C3. The molecule has 250 valence electrons. The van der Waals surface area contributed by atoms with E-state index in [-0.39, 0.29) is 46.9 Å². The Hall–Kier alpha value is -4.15. The van der Waals surface area contributed by atoms with E-state index in [1.807, 2.05) is 13.0 Å². The first-order valence-electron chi connectivity index (χ1n) is 17.0. The zero-order chi connectivity index (χ0) is 33.5. The van der Waals surface area contributed by atoms with Gasteiger partial charge in [-0.05, 0) is 74.1 Å². The molecule has 2 N–H and O–H groups in total. The van der Waals surface area contributed by atoms with Gasteiger partial charge in [-0.1, -0.05) is 33.6 Å². The highest BCUT2D eigenvalue weighted by Gasteiger charge is 2.67. The molecule has 3 aliphatic rings. The van der Waals surface area contributed by atoms with Crippen molar-refractivity contribution in [2.45, 2.75) is 111 Å². The minimum absolute atomic E-state index is 0.0249. The van der Waals surface area contributed by atoms with Crippen molar-refractivity contribution in [1.29, 1.82) is 0 Å². The highest BCUT2D eigenvalue weighted by molar-refractivity contribution is 6.07. The van der Waals surface area contributed by atoms with Crippen molar-refractivity contribution in [3.8, 4) is 11.1 Å². The van der Waals surface area contributed by atoms with E-state index in [9.17, 15) is 19.2 Å². The zero-order valence-electron chi connectivity index (χ0n) is 28.3. The molecule has 3 atom stereocenters. The smallest absolute Gasteiger partial charge is 0.245 e. The lowest BCUT2D eigenvalue weighted by Crippen LogP contribution is -2.49. The molecule has 1 saturated carbocycles. The summed E-state index contributed by atoms with van der Waals surface area (Å²) in [6, 6.07) is 3.28. The van der Waals surface area contributed by atoms with E-state index in [0.29, 0.717) is 42.8 Å². The van der Waals surface area contributed by atoms with Crippen LogP contribution in [0.3, 0.4) is 0 Å². The Morgan fingerprint density at radius 2 is 1.74 bits per heavy atom. The Kier molecular flexibility index (Phi) is 8.93. The summed E-state index contributed by atoms with van der Waals surface area (Å²) in [6.45, 7) is 10.6. The van der Waals surface area contributed by atoms with E-state index >= 15 is 0 Å². The highest BCUT2D eigenvalue weighted by Crippen LogP contribution is 2.59. The first-order chi connectivity index (χ1) is 22.3. The number of aromatic nitrogens is 4. The number of hydrogen-bond acceptors (Lipinski definition) is 7. The number of aryl methyl sites for hydroxylation is 2. The lowest BCUT2D eigenvalue weighted by Gasteiger charge is -2.27. The first kappa shape index (κ1) is 32.8. The monoisotopic (exact) mass is 641 g/mol. The Morgan fingerprint density at radius 1 is 1.02 bits per heavy atom. The maximum Gasteiger partial charge on any atom is 0.245 e. The molecule has 11 heteroatoms. The molecule has 0 radical (unpaired) electrons. The molecule has 4 heterocycles. The first-order valence-corrected chi connectivity index (χ1v) is 17.0. The Labute approximate surface area is 276 Å². The number of carbonyl (C=O) groups excluding carboxylic acids is 4. The second kappa shape index (κ2) is 12.8. The van der Waals surface area contributed by atoms with Crippen LogP contribution in [0.25, 0.3) is 22.0 Å². The summed E-state index contributed by atoms with van der Waals surface area (Å²) in [7, 11) is 0. The predicted molar refractivity (Wildman–Crippen MR) is 178 cm³/mol. The van der Waals surface area contributed by atoms with Crippen LogP contribution in [-0.4, -0.2) is 73.3 Å². The number of carbonyl (C=O) groups is 4. The Balaban J connectivity index is 1.39. The van der Waals surface area contributed by atoms with Gasteiger partial charge in [-0.3, -0.25) is 23.9 Å². The molecule has 11 nitrogen and oxygen atoms in total. The summed E-state index contributed by atoms with van der Waals surface area (Å²) in [5, 5.41) is 11.6. The molecule has 2 fully saturated rings. The van der Waals surface area contributed by atoms with E-state index < -0.39 is 6.04 Å². The van der Waals surface area contributed by atoms with Gasteiger partial charge in [0, 0.05) is 61.2 Å². The van der Waals surface area contributed by atoms with Crippen LogP contribution in [-0.2, 0) is 27.3 Å². The van der Waals surface area contributed by atoms with E-state index in [0.717, 1.165) is 67.2 Å². The number of ketones is 1. The van der Waals surface area contributed by atoms with Crippen LogP contribution in [0.2, 0.25) is 0 Å². The van der Waals surface area contributed by atoms with Gasteiger partial charge in [0.2, 0.25) is 17.7 Å². The van der Waals surface area contributed by atoms with Crippen molar-refractivity contribution < 1.29 is 19.2 Å². The topological polar surface area (TPSA) is 139 Å². The lowest BCUT2D eigenvalue weighted by atomic mass is 9.92. The average molecular weight is 642 g/mol. The van der Waals surface area contributed by atoms with E-state index in [1.54, 1.807) is 22.0 Å². The van der Waals surface area contributed by atoms with E-state index in [2.05, 4.69) is 47.4 Å². The number of piperidine rings is 1. The number of nitrogens with one attached hydrogen (secondary N) is 2. The third kappa shape index (κ3) is 6.94. The number of Topliss-reactive ketones (excluding diaryl/α,β-unsaturated/α-hetero) is 1.